The van der Waals surface area contributed by atoms with E-state index in [4.69, 9.17) is 20.6 Å². The van der Waals surface area contributed by atoms with Crippen molar-refractivity contribution in [3.05, 3.63) is 0 Å². The van der Waals surface area contributed by atoms with Gasteiger partial charge in [-0.15, -0.1) is 0 Å². The molecule has 0 aliphatic carbocycles. The summed E-state index contributed by atoms with van der Waals surface area (Å²) in [7, 11) is -10.9. The van der Waals surface area contributed by atoms with Gasteiger partial charge in [-0.25, -0.2) is 0 Å². The summed E-state index contributed by atoms with van der Waals surface area (Å²) in [6.07, 6.45) is 0. The molecule has 0 saturated carbocycles. The van der Waals surface area contributed by atoms with Gasteiger partial charge in [0.25, 0.3) is 0 Å². The second-order valence-electron chi connectivity index (χ2n) is 10.3. The molecular weight excluding hydrogens is 417 g/mol. The molecule has 1 aliphatic rings. The van der Waals surface area contributed by atoms with E-state index in [1.165, 1.54) is 0 Å². The standard InChI is InChI=1S/C8H24O4Si4.C6H18OSi2/c1-13(2)9-14(3,4)11-16(7,8)12-15(5,6)10-13;1-8(2,3)7-9(4,5)6/h1-8H3;1-6H3. The summed E-state index contributed by atoms with van der Waals surface area (Å²) >= 11 is 0. The zero-order valence-corrected chi connectivity index (χ0v) is 25.0. The molecule has 0 bridgehead atoms. The van der Waals surface area contributed by atoms with Crippen molar-refractivity contribution >= 4 is 50.9 Å². The Bertz CT molecular complexity index is 356. The van der Waals surface area contributed by atoms with Crippen LogP contribution in [0.1, 0.15) is 0 Å². The Labute approximate surface area is 163 Å². The molecule has 11 heteroatoms. The van der Waals surface area contributed by atoms with Gasteiger partial charge in [-0.05, 0) is 91.7 Å². The second kappa shape index (κ2) is 8.23. The third-order valence-electron chi connectivity index (χ3n) is 2.58. The lowest BCUT2D eigenvalue weighted by Gasteiger charge is -2.46. The maximum atomic E-state index is 6.16. The number of hydrogen-bond donors (Lipinski definition) is 0. The smallest absolute Gasteiger partial charge is 0.314 e. The molecule has 25 heavy (non-hydrogen) atoms. The quantitative estimate of drug-likeness (QED) is 0.508. The molecule has 0 amide bonds. The van der Waals surface area contributed by atoms with Crippen LogP contribution in [0.3, 0.4) is 0 Å². The van der Waals surface area contributed by atoms with Crippen molar-refractivity contribution < 1.29 is 20.6 Å². The molecule has 1 fully saturated rings. The first kappa shape index (κ1) is 26.1. The molecule has 1 aliphatic heterocycles. The van der Waals surface area contributed by atoms with Crippen molar-refractivity contribution in [2.75, 3.05) is 0 Å². The van der Waals surface area contributed by atoms with Crippen LogP contribution in [0.15, 0.2) is 0 Å². The highest BCUT2D eigenvalue weighted by atomic mass is 28.5. The number of rotatable bonds is 2. The van der Waals surface area contributed by atoms with Gasteiger partial charge in [0.2, 0.25) is 0 Å². The normalized spacial score (nSPS) is 25.2. The molecule has 5 nitrogen and oxygen atoms in total. The van der Waals surface area contributed by atoms with Gasteiger partial charge in [0.1, 0.15) is 0 Å². The fourth-order valence-corrected chi connectivity index (χ4v) is 31.8. The van der Waals surface area contributed by atoms with Crippen molar-refractivity contribution in [3.63, 3.8) is 0 Å². The van der Waals surface area contributed by atoms with Gasteiger partial charge >= 0.3 is 34.2 Å². The Morgan fingerprint density at radius 3 is 0.680 bits per heavy atom. The Kier molecular flexibility index (Phi) is 8.59. The van der Waals surface area contributed by atoms with Crippen molar-refractivity contribution in [2.45, 2.75) is 91.7 Å². The van der Waals surface area contributed by atoms with Gasteiger partial charge in [0, 0.05) is 0 Å². The lowest BCUT2D eigenvalue weighted by atomic mass is 11.8. The highest BCUT2D eigenvalue weighted by Crippen LogP contribution is 2.30. The van der Waals surface area contributed by atoms with Crippen LogP contribution in [0.25, 0.3) is 0 Å². The summed E-state index contributed by atoms with van der Waals surface area (Å²) < 4.78 is 30.5. The van der Waals surface area contributed by atoms with Crippen LogP contribution in [0.4, 0.5) is 0 Å². The largest absolute Gasteiger partial charge is 0.456 e. The molecule has 0 radical (unpaired) electrons. The van der Waals surface area contributed by atoms with E-state index in [2.05, 4.69) is 91.7 Å². The van der Waals surface area contributed by atoms with E-state index in [-0.39, 0.29) is 0 Å². The van der Waals surface area contributed by atoms with Gasteiger partial charge in [-0.2, -0.15) is 0 Å². The van der Waals surface area contributed by atoms with E-state index in [0.29, 0.717) is 0 Å². The van der Waals surface area contributed by atoms with E-state index in [1.807, 2.05) is 0 Å². The fourth-order valence-electron chi connectivity index (χ4n) is 3.37. The molecule has 0 atom stereocenters. The van der Waals surface area contributed by atoms with E-state index in [1.54, 1.807) is 0 Å². The van der Waals surface area contributed by atoms with Crippen LogP contribution < -0.4 is 0 Å². The van der Waals surface area contributed by atoms with Crippen molar-refractivity contribution in [1.82, 2.24) is 0 Å². The van der Waals surface area contributed by atoms with Crippen LogP contribution in [0, 0.1) is 0 Å². The predicted octanol–water partition coefficient (Wildman–Crippen LogP) is 5.55. The molecule has 1 saturated heterocycles. The van der Waals surface area contributed by atoms with Gasteiger partial charge in [0.15, 0.2) is 16.6 Å². The SMILES string of the molecule is C[Si](C)(C)O[Si](C)(C)C.C[Si]1(C)O[Si](C)(C)O[Si](C)(C)O[Si](C)(C)O1. The summed E-state index contributed by atoms with van der Waals surface area (Å²) in [5.74, 6) is 0. The van der Waals surface area contributed by atoms with Crippen LogP contribution in [0.2, 0.25) is 91.7 Å². The zero-order valence-electron chi connectivity index (χ0n) is 19.0. The average Bonchev–Trinajstić information content (AvgIpc) is 1.97. The van der Waals surface area contributed by atoms with E-state index in [0.717, 1.165) is 0 Å². The molecule has 1 heterocycles. The molecule has 0 aromatic rings. The second-order valence-corrected chi connectivity index (χ2v) is 34.1. The summed E-state index contributed by atoms with van der Waals surface area (Å²) in [6, 6.07) is 0. The van der Waals surface area contributed by atoms with Crippen molar-refractivity contribution in [3.8, 4) is 0 Å². The molecule has 0 spiro atoms. The predicted molar refractivity (Wildman–Crippen MR) is 122 cm³/mol. The maximum absolute atomic E-state index is 6.16. The number of hydrogen-bond acceptors (Lipinski definition) is 5. The van der Waals surface area contributed by atoms with Gasteiger partial charge < -0.3 is 20.6 Å². The molecule has 152 valence electrons. The molecule has 0 N–H and O–H groups in total. The van der Waals surface area contributed by atoms with Crippen LogP contribution in [-0.2, 0) is 20.6 Å². The third kappa shape index (κ3) is 13.8. The highest BCUT2D eigenvalue weighted by Gasteiger charge is 2.50. The van der Waals surface area contributed by atoms with Crippen molar-refractivity contribution in [1.29, 1.82) is 0 Å². The molecule has 0 aromatic carbocycles. The van der Waals surface area contributed by atoms with Gasteiger partial charge in [0.05, 0.1) is 0 Å². The minimum Gasteiger partial charge on any atom is -0.456 e. The Morgan fingerprint density at radius 2 is 0.600 bits per heavy atom. The Morgan fingerprint density at radius 1 is 0.440 bits per heavy atom. The lowest BCUT2D eigenvalue weighted by molar-refractivity contribution is 0.238. The average molecular weight is 459 g/mol. The monoisotopic (exact) mass is 458 g/mol. The summed E-state index contributed by atoms with van der Waals surface area (Å²) in [4.78, 5) is 0. The first-order valence-corrected chi connectivity index (χ1v) is 27.1. The first-order chi connectivity index (χ1) is 10.5. The summed E-state index contributed by atoms with van der Waals surface area (Å²) in [6.45, 7) is 30.0. The third-order valence-corrected chi connectivity index (χ3v) is 23.2. The first-order valence-electron chi connectivity index (χ1n) is 9.04. The lowest BCUT2D eigenvalue weighted by Crippen LogP contribution is -2.64. The molecule has 0 aromatic heterocycles. The maximum Gasteiger partial charge on any atom is 0.314 e. The zero-order chi connectivity index (χ0) is 20.5. The minimum atomic E-state index is -2.11. The summed E-state index contributed by atoms with van der Waals surface area (Å²) in [5.41, 5.74) is 0. The Balaban J connectivity index is 0.000000547. The van der Waals surface area contributed by atoms with Crippen molar-refractivity contribution in [2.24, 2.45) is 0 Å². The summed E-state index contributed by atoms with van der Waals surface area (Å²) in [5, 5.41) is 0. The Hall–Kier alpha value is 1.10. The fraction of sp³-hybridized carbons (Fsp3) is 1.00. The molecular formula is C14H42O5Si6. The van der Waals surface area contributed by atoms with Crippen LogP contribution in [0.5, 0.6) is 0 Å². The van der Waals surface area contributed by atoms with Gasteiger partial charge in [-0.3, -0.25) is 0 Å². The highest BCUT2D eigenvalue weighted by molar-refractivity contribution is 6.92. The van der Waals surface area contributed by atoms with Crippen LogP contribution in [-0.4, -0.2) is 50.9 Å². The van der Waals surface area contributed by atoms with E-state index < -0.39 is 50.9 Å². The van der Waals surface area contributed by atoms with Crippen LogP contribution >= 0.6 is 0 Å². The minimum absolute atomic E-state index is 1.23. The van der Waals surface area contributed by atoms with E-state index in [9.17, 15) is 0 Å². The topological polar surface area (TPSA) is 46.2 Å². The molecule has 0 unspecified atom stereocenters. The van der Waals surface area contributed by atoms with E-state index >= 15 is 0 Å². The molecule has 1 rings (SSSR count). The van der Waals surface area contributed by atoms with Gasteiger partial charge in [-0.1, -0.05) is 0 Å².